The molecule has 27 heavy (non-hydrogen) atoms. The minimum atomic E-state index is 0.129. The Morgan fingerprint density at radius 1 is 1.19 bits per heavy atom. The quantitative estimate of drug-likeness (QED) is 0.587. The van der Waals surface area contributed by atoms with Gasteiger partial charge in [0.2, 0.25) is 0 Å². The van der Waals surface area contributed by atoms with Gasteiger partial charge in [0.05, 0.1) is 0 Å². The molecule has 1 heterocycles. The van der Waals surface area contributed by atoms with Crippen LogP contribution in [0.3, 0.4) is 0 Å². The first-order valence-corrected chi connectivity index (χ1v) is 10.1. The summed E-state index contributed by atoms with van der Waals surface area (Å²) < 4.78 is 1.75. The van der Waals surface area contributed by atoms with E-state index in [9.17, 15) is 0 Å². The lowest BCUT2D eigenvalue weighted by atomic mass is 9.69. The fraction of sp³-hybridized carbons (Fsp3) is 0.550. The SMILES string of the molecule is CCNC(=NCc1ncnn1C)NCC1(c2ccc(Cl)cc2)CCCCC1. The number of hydrogen-bond donors (Lipinski definition) is 2. The highest BCUT2D eigenvalue weighted by molar-refractivity contribution is 6.30. The predicted octanol–water partition coefficient (Wildman–Crippen LogP) is 3.43. The largest absolute Gasteiger partial charge is 0.357 e. The Morgan fingerprint density at radius 3 is 2.56 bits per heavy atom. The van der Waals surface area contributed by atoms with E-state index in [1.165, 1.54) is 37.7 Å². The zero-order valence-corrected chi connectivity index (χ0v) is 17.0. The van der Waals surface area contributed by atoms with Gasteiger partial charge >= 0.3 is 0 Å². The van der Waals surface area contributed by atoms with Crippen LogP contribution in [0, 0.1) is 0 Å². The van der Waals surface area contributed by atoms with Crippen LogP contribution in [0.25, 0.3) is 0 Å². The molecule has 0 unspecified atom stereocenters. The fourth-order valence-electron chi connectivity index (χ4n) is 3.81. The molecule has 0 aliphatic heterocycles. The van der Waals surface area contributed by atoms with Gasteiger partial charge < -0.3 is 10.6 Å². The number of aryl methyl sites for hydroxylation is 1. The third kappa shape index (κ3) is 5.01. The summed E-state index contributed by atoms with van der Waals surface area (Å²) in [6, 6.07) is 8.36. The van der Waals surface area contributed by atoms with Crippen molar-refractivity contribution < 1.29 is 0 Å². The zero-order chi connectivity index (χ0) is 19.1. The Bertz CT molecular complexity index is 746. The van der Waals surface area contributed by atoms with Crippen LogP contribution in [0.5, 0.6) is 0 Å². The normalized spacial score (nSPS) is 16.9. The second kappa shape index (κ2) is 9.22. The molecule has 0 atom stereocenters. The molecule has 0 amide bonds. The van der Waals surface area contributed by atoms with Crippen molar-refractivity contribution in [1.82, 2.24) is 25.4 Å². The molecule has 6 nitrogen and oxygen atoms in total. The summed E-state index contributed by atoms with van der Waals surface area (Å²) >= 11 is 6.11. The maximum Gasteiger partial charge on any atom is 0.191 e. The average Bonchev–Trinajstić information content (AvgIpc) is 3.10. The molecule has 1 aromatic carbocycles. The van der Waals surface area contributed by atoms with Gasteiger partial charge in [-0.3, -0.25) is 4.68 Å². The van der Waals surface area contributed by atoms with Crippen molar-refractivity contribution in [2.45, 2.75) is 51.0 Å². The molecule has 1 aliphatic carbocycles. The van der Waals surface area contributed by atoms with E-state index in [0.717, 1.165) is 29.9 Å². The molecule has 1 aromatic heterocycles. The first-order chi connectivity index (χ1) is 13.1. The van der Waals surface area contributed by atoms with E-state index in [4.69, 9.17) is 16.6 Å². The summed E-state index contributed by atoms with van der Waals surface area (Å²) in [5.74, 6) is 1.66. The van der Waals surface area contributed by atoms with Gasteiger partial charge in [-0.15, -0.1) is 0 Å². The molecule has 1 saturated carbocycles. The molecule has 0 radical (unpaired) electrons. The van der Waals surface area contributed by atoms with Crippen molar-refractivity contribution in [3.8, 4) is 0 Å². The highest BCUT2D eigenvalue weighted by atomic mass is 35.5. The highest BCUT2D eigenvalue weighted by Crippen LogP contribution is 2.39. The second-order valence-corrected chi connectivity index (χ2v) is 7.63. The molecule has 2 N–H and O–H groups in total. The number of rotatable bonds is 6. The first-order valence-electron chi connectivity index (χ1n) is 9.74. The number of benzene rings is 1. The highest BCUT2D eigenvalue weighted by Gasteiger charge is 2.34. The van der Waals surface area contributed by atoms with E-state index in [1.54, 1.807) is 11.0 Å². The molecule has 2 aromatic rings. The molecule has 1 fully saturated rings. The third-order valence-corrected chi connectivity index (χ3v) is 5.64. The van der Waals surface area contributed by atoms with Crippen molar-refractivity contribution >= 4 is 17.6 Å². The van der Waals surface area contributed by atoms with Gasteiger partial charge in [0.15, 0.2) is 5.96 Å². The molecule has 146 valence electrons. The van der Waals surface area contributed by atoms with Crippen LogP contribution in [0.1, 0.15) is 50.4 Å². The van der Waals surface area contributed by atoms with E-state index in [2.05, 4.69) is 39.8 Å². The van der Waals surface area contributed by atoms with Crippen molar-refractivity contribution in [1.29, 1.82) is 0 Å². The topological polar surface area (TPSA) is 67.1 Å². The molecular formula is C20H29ClN6. The summed E-state index contributed by atoms with van der Waals surface area (Å²) in [7, 11) is 1.88. The van der Waals surface area contributed by atoms with Crippen LogP contribution < -0.4 is 10.6 Å². The van der Waals surface area contributed by atoms with Gasteiger partial charge in [0.1, 0.15) is 18.7 Å². The van der Waals surface area contributed by atoms with Crippen LogP contribution in [-0.2, 0) is 19.0 Å². The fourth-order valence-corrected chi connectivity index (χ4v) is 3.93. The lowest BCUT2D eigenvalue weighted by molar-refractivity contribution is 0.291. The summed E-state index contributed by atoms with van der Waals surface area (Å²) in [4.78, 5) is 8.93. The molecular weight excluding hydrogens is 360 g/mol. The molecule has 0 bridgehead atoms. The van der Waals surface area contributed by atoms with E-state index < -0.39 is 0 Å². The first kappa shape index (κ1) is 19.7. The maximum absolute atomic E-state index is 6.11. The van der Waals surface area contributed by atoms with E-state index in [1.807, 2.05) is 19.2 Å². The Balaban J connectivity index is 1.73. The summed E-state index contributed by atoms with van der Waals surface area (Å²) in [6.07, 6.45) is 7.76. The molecule has 0 saturated heterocycles. The van der Waals surface area contributed by atoms with Crippen LogP contribution in [0.2, 0.25) is 5.02 Å². The van der Waals surface area contributed by atoms with E-state index in [-0.39, 0.29) is 5.41 Å². The Hall–Kier alpha value is -2.08. The van der Waals surface area contributed by atoms with Crippen LogP contribution in [0.15, 0.2) is 35.6 Å². The van der Waals surface area contributed by atoms with Gasteiger partial charge in [-0.1, -0.05) is 43.0 Å². The van der Waals surface area contributed by atoms with Gasteiger partial charge in [-0.25, -0.2) is 9.98 Å². The van der Waals surface area contributed by atoms with Gasteiger partial charge in [-0.2, -0.15) is 5.10 Å². The second-order valence-electron chi connectivity index (χ2n) is 7.20. The Kier molecular flexibility index (Phi) is 6.72. The summed E-state index contributed by atoms with van der Waals surface area (Å²) in [6.45, 7) is 4.26. The predicted molar refractivity (Wildman–Crippen MR) is 110 cm³/mol. The molecule has 7 heteroatoms. The average molecular weight is 389 g/mol. The maximum atomic E-state index is 6.11. The van der Waals surface area contributed by atoms with Crippen LogP contribution in [0.4, 0.5) is 0 Å². The lowest BCUT2D eigenvalue weighted by Crippen LogP contribution is -2.46. The Labute approximate surface area is 166 Å². The van der Waals surface area contributed by atoms with Crippen molar-refractivity contribution in [2.75, 3.05) is 13.1 Å². The number of aliphatic imine (C=N–C) groups is 1. The van der Waals surface area contributed by atoms with Crippen LogP contribution in [-0.4, -0.2) is 33.8 Å². The third-order valence-electron chi connectivity index (χ3n) is 5.39. The van der Waals surface area contributed by atoms with E-state index in [0.29, 0.717) is 6.54 Å². The molecule has 0 spiro atoms. The molecule has 1 aliphatic rings. The summed E-state index contributed by atoms with van der Waals surface area (Å²) in [5, 5.41) is 11.8. The number of nitrogens with one attached hydrogen (secondary N) is 2. The van der Waals surface area contributed by atoms with Crippen molar-refractivity contribution in [2.24, 2.45) is 12.0 Å². The minimum Gasteiger partial charge on any atom is -0.357 e. The van der Waals surface area contributed by atoms with Crippen LogP contribution >= 0.6 is 11.6 Å². The minimum absolute atomic E-state index is 0.129. The van der Waals surface area contributed by atoms with Gasteiger partial charge in [0.25, 0.3) is 0 Å². The van der Waals surface area contributed by atoms with Crippen molar-refractivity contribution in [3.05, 3.63) is 47.0 Å². The number of nitrogens with zero attached hydrogens (tertiary/aromatic N) is 4. The smallest absolute Gasteiger partial charge is 0.191 e. The van der Waals surface area contributed by atoms with Crippen molar-refractivity contribution in [3.63, 3.8) is 0 Å². The monoisotopic (exact) mass is 388 g/mol. The van der Waals surface area contributed by atoms with Gasteiger partial charge in [0, 0.05) is 30.6 Å². The van der Waals surface area contributed by atoms with Gasteiger partial charge in [-0.05, 0) is 37.5 Å². The standard InChI is InChI=1S/C20H29ClN6/c1-3-22-19(23-13-18-25-15-26-27(18)2)24-14-20(11-5-4-6-12-20)16-7-9-17(21)10-8-16/h7-10,15H,3-6,11-14H2,1-2H3,(H2,22,23,24). The zero-order valence-electron chi connectivity index (χ0n) is 16.2. The molecule has 3 rings (SSSR count). The summed E-state index contributed by atoms with van der Waals surface area (Å²) in [5.41, 5.74) is 1.49. The number of hydrogen-bond acceptors (Lipinski definition) is 3. The lowest BCUT2D eigenvalue weighted by Gasteiger charge is -2.38. The number of halogens is 1. The Morgan fingerprint density at radius 2 is 1.93 bits per heavy atom. The number of aromatic nitrogens is 3. The number of guanidine groups is 1. The van der Waals surface area contributed by atoms with E-state index >= 15 is 0 Å².